The fourth-order valence-electron chi connectivity index (χ4n) is 1.62. The lowest BCUT2D eigenvalue weighted by Gasteiger charge is -2.09. The van der Waals surface area contributed by atoms with Gasteiger partial charge in [-0.3, -0.25) is 0 Å². The summed E-state index contributed by atoms with van der Waals surface area (Å²) in [6.07, 6.45) is 0. The van der Waals surface area contributed by atoms with Crippen molar-refractivity contribution in [1.82, 2.24) is 4.72 Å². The van der Waals surface area contributed by atoms with Gasteiger partial charge in [0.15, 0.2) is 11.6 Å². The molecule has 114 valence electrons. The second-order valence-corrected chi connectivity index (χ2v) is 8.41. The highest BCUT2D eigenvalue weighted by Crippen LogP contribution is 2.23. The Balaban J connectivity index is 2.29. The van der Waals surface area contributed by atoms with Crippen LogP contribution in [0.25, 0.3) is 0 Å². The third kappa shape index (κ3) is 3.86. The third-order valence-corrected chi connectivity index (χ3v) is 5.67. The summed E-state index contributed by atoms with van der Waals surface area (Å²) in [5.41, 5.74) is 5.54. The lowest BCUT2D eigenvalue weighted by atomic mass is 10.2. The standard InChI is InChI=1S/C12H11BrF2N2O2S2/c13-11-2-1-8(20-11)6-17-21(18,19)10-4-7(5-16)3-9(14)12(10)15/h1-4,17H,5-6,16H2. The van der Waals surface area contributed by atoms with Crippen molar-refractivity contribution in [3.8, 4) is 0 Å². The van der Waals surface area contributed by atoms with Crippen LogP contribution in [0, 0.1) is 11.6 Å². The van der Waals surface area contributed by atoms with Gasteiger partial charge in [0.25, 0.3) is 0 Å². The molecule has 9 heteroatoms. The number of rotatable bonds is 5. The molecule has 0 unspecified atom stereocenters. The molecule has 0 fully saturated rings. The van der Waals surface area contributed by atoms with Crippen LogP contribution >= 0.6 is 27.3 Å². The van der Waals surface area contributed by atoms with Gasteiger partial charge in [-0.2, -0.15) is 0 Å². The van der Waals surface area contributed by atoms with E-state index in [1.807, 2.05) is 0 Å². The van der Waals surface area contributed by atoms with E-state index in [9.17, 15) is 17.2 Å². The predicted octanol–water partition coefficient (Wildman–Crippen LogP) is 2.73. The quantitative estimate of drug-likeness (QED) is 0.815. The van der Waals surface area contributed by atoms with Crippen LogP contribution in [0.5, 0.6) is 0 Å². The van der Waals surface area contributed by atoms with Crippen LogP contribution in [-0.4, -0.2) is 8.42 Å². The van der Waals surface area contributed by atoms with E-state index >= 15 is 0 Å². The van der Waals surface area contributed by atoms with Crippen molar-refractivity contribution >= 4 is 37.3 Å². The van der Waals surface area contributed by atoms with Gasteiger partial charge in [0.05, 0.1) is 3.79 Å². The van der Waals surface area contributed by atoms with E-state index in [4.69, 9.17) is 5.73 Å². The zero-order valence-electron chi connectivity index (χ0n) is 10.6. The molecule has 0 amide bonds. The van der Waals surface area contributed by atoms with Crippen molar-refractivity contribution in [2.24, 2.45) is 5.73 Å². The van der Waals surface area contributed by atoms with Gasteiger partial charge in [-0.25, -0.2) is 21.9 Å². The molecule has 1 aromatic heterocycles. The predicted molar refractivity (Wildman–Crippen MR) is 80.3 cm³/mol. The summed E-state index contributed by atoms with van der Waals surface area (Å²) in [5.74, 6) is -2.65. The summed E-state index contributed by atoms with van der Waals surface area (Å²) >= 11 is 4.60. The zero-order valence-corrected chi connectivity index (χ0v) is 13.8. The number of sulfonamides is 1. The van der Waals surface area contributed by atoms with Crippen LogP contribution in [0.2, 0.25) is 0 Å². The van der Waals surface area contributed by atoms with Crippen molar-refractivity contribution < 1.29 is 17.2 Å². The number of thiophene rings is 1. The molecule has 0 aliphatic rings. The lowest BCUT2D eigenvalue weighted by Crippen LogP contribution is -2.24. The lowest BCUT2D eigenvalue weighted by molar-refractivity contribution is 0.481. The van der Waals surface area contributed by atoms with E-state index in [1.54, 1.807) is 12.1 Å². The maximum atomic E-state index is 13.7. The van der Waals surface area contributed by atoms with E-state index in [0.29, 0.717) is 0 Å². The highest BCUT2D eigenvalue weighted by molar-refractivity contribution is 9.11. The Kier molecular flexibility index (Phi) is 5.10. The summed E-state index contributed by atoms with van der Waals surface area (Å²) in [5, 5.41) is 0. The summed E-state index contributed by atoms with van der Waals surface area (Å²) in [6.45, 7) is -0.0932. The summed E-state index contributed by atoms with van der Waals surface area (Å²) in [7, 11) is -4.16. The zero-order chi connectivity index (χ0) is 15.6. The second-order valence-electron chi connectivity index (χ2n) is 4.12. The first-order chi connectivity index (χ1) is 9.83. The molecule has 0 bridgehead atoms. The summed E-state index contributed by atoms with van der Waals surface area (Å²) < 4.78 is 54.4. The molecule has 3 N–H and O–H groups in total. The number of nitrogens with one attached hydrogen (secondary N) is 1. The molecule has 0 atom stereocenters. The van der Waals surface area contributed by atoms with E-state index < -0.39 is 26.6 Å². The Morgan fingerprint density at radius 1 is 1.29 bits per heavy atom. The largest absolute Gasteiger partial charge is 0.326 e. The minimum absolute atomic E-state index is 0.00743. The van der Waals surface area contributed by atoms with E-state index in [0.717, 1.165) is 20.8 Å². The summed E-state index contributed by atoms with van der Waals surface area (Å²) in [4.78, 5) is -0.000110. The molecule has 2 rings (SSSR count). The van der Waals surface area contributed by atoms with Gasteiger partial charge in [0.1, 0.15) is 4.90 Å². The first-order valence-electron chi connectivity index (χ1n) is 5.75. The normalized spacial score (nSPS) is 11.8. The molecule has 0 saturated carbocycles. The van der Waals surface area contributed by atoms with Crippen LogP contribution in [-0.2, 0) is 23.1 Å². The third-order valence-electron chi connectivity index (χ3n) is 2.65. The molecule has 1 heterocycles. The van der Waals surface area contributed by atoms with Gasteiger partial charge in [0, 0.05) is 18.0 Å². The van der Waals surface area contributed by atoms with Gasteiger partial charge >= 0.3 is 0 Å². The smallest absolute Gasteiger partial charge is 0.243 e. The van der Waals surface area contributed by atoms with Gasteiger partial charge in [-0.1, -0.05) is 0 Å². The molecular weight excluding hydrogens is 386 g/mol. The van der Waals surface area contributed by atoms with Gasteiger partial charge in [-0.15, -0.1) is 11.3 Å². The minimum Gasteiger partial charge on any atom is -0.326 e. The molecule has 21 heavy (non-hydrogen) atoms. The first-order valence-corrected chi connectivity index (χ1v) is 8.84. The highest BCUT2D eigenvalue weighted by Gasteiger charge is 2.22. The van der Waals surface area contributed by atoms with E-state index in [2.05, 4.69) is 20.7 Å². The molecule has 0 saturated heterocycles. The average Bonchev–Trinajstić information content (AvgIpc) is 2.85. The van der Waals surface area contributed by atoms with Crippen LogP contribution in [0.4, 0.5) is 8.78 Å². The molecule has 4 nitrogen and oxygen atoms in total. The first kappa shape index (κ1) is 16.5. The molecule has 0 radical (unpaired) electrons. The Morgan fingerprint density at radius 2 is 2.00 bits per heavy atom. The molecule has 0 spiro atoms. The molecule has 0 aliphatic carbocycles. The maximum Gasteiger partial charge on any atom is 0.243 e. The number of nitrogens with two attached hydrogens (primary N) is 1. The number of halogens is 3. The Morgan fingerprint density at radius 3 is 2.57 bits per heavy atom. The molecular formula is C12H11BrF2N2O2S2. The number of benzene rings is 1. The van der Waals surface area contributed by atoms with Crippen LogP contribution in [0.1, 0.15) is 10.4 Å². The second kappa shape index (κ2) is 6.49. The fourth-order valence-corrected chi connectivity index (χ4v) is 4.28. The average molecular weight is 397 g/mol. The van der Waals surface area contributed by atoms with Crippen LogP contribution < -0.4 is 10.5 Å². The van der Waals surface area contributed by atoms with Gasteiger partial charge in [0.2, 0.25) is 10.0 Å². The number of hydrogen-bond acceptors (Lipinski definition) is 4. The van der Waals surface area contributed by atoms with Gasteiger partial charge < -0.3 is 5.73 Å². The van der Waals surface area contributed by atoms with E-state index in [-0.39, 0.29) is 18.7 Å². The summed E-state index contributed by atoms with van der Waals surface area (Å²) in [6, 6.07) is 5.41. The van der Waals surface area contributed by atoms with Crippen LogP contribution in [0.15, 0.2) is 32.9 Å². The van der Waals surface area contributed by atoms with Crippen molar-refractivity contribution in [1.29, 1.82) is 0 Å². The Labute approximate surface area is 133 Å². The van der Waals surface area contributed by atoms with Crippen molar-refractivity contribution in [3.05, 3.63) is 50.1 Å². The Bertz CT molecular complexity index is 763. The molecule has 2 aromatic rings. The van der Waals surface area contributed by atoms with Crippen molar-refractivity contribution in [2.45, 2.75) is 18.0 Å². The highest BCUT2D eigenvalue weighted by atomic mass is 79.9. The maximum absolute atomic E-state index is 13.7. The van der Waals surface area contributed by atoms with Crippen molar-refractivity contribution in [3.63, 3.8) is 0 Å². The SMILES string of the molecule is NCc1cc(F)c(F)c(S(=O)(=O)NCc2ccc(Br)s2)c1. The minimum atomic E-state index is -4.16. The van der Waals surface area contributed by atoms with Crippen molar-refractivity contribution in [2.75, 3.05) is 0 Å². The molecule has 1 aromatic carbocycles. The van der Waals surface area contributed by atoms with E-state index in [1.165, 1.54) is 11.3 Å². The van der Waals surface area contributed by atoms with Crippen LogP contribution in [0.3, 0.4) is 0 Å². The monoisotopic (exact) mass is 396 g/mol. The number of hydrogen-bond donors (Lipinski definition) is 2. The molecule has 0 aliphatic heterocycles. The Hall–Kier alpha value is -0.870. The topological polar surface area (TPSA) is 72.2 Å². The van der Waals surface area contributed by atoms with Gasteiger partial charge in [-0.05, 0) is 45.8 Å². The fraction of sp³-hybridized carbons (Fsp3) is 0.167.